The van der Waals surface area contributed by atoms with Crippen LogP contribution in [-0.2, 0) is 9.59 Å². The van der Waals surface area contributed by atoms with Crippen molar-refractivity contribution in [2.24, 2.45) is 0 Å². The minimum atomic E-state index is -1.03. The molecule has 0 aliphatic carbocycles. The topological polar surface area (TPSA) is 66.8 Å². The lowest BCUT2D eigenvalue weighted by Gasteiger charge is -2.18. The minimum Gasteiger partial charge on any atom is -0.484 e. The van der Waals surface area contributed by atoms with E-state index in [2.05, 4.69) is 0 Å². The maximum absolute atomic E-state index is 11.9. The van der Waals surface area contributed by atoms with Gasteiger partial charge in [0.05, 0.1) is 0 Å². The Labute approximate surface area is 122 Å². The van der Waals surface area contributed by atoms with E-state index >= 15 is 0 Å². The largest absolute Gasteiger partial charge is 0.484 e. The van der Waals surface area contributed by atoms with Crippen LogP contribution in [0.1, 0.15) is 6.92 Å². The van der Waals surface area contributed by atoms with E-state index in [1.807, 2.05) is 36.4 Å². The van der Waals surface area contributed by atoms with E-state index in [0.29, 0.717) is 12.3 Å². The number of nitrogens with zero attached hydrogens (tertiary/aromatic N) is 1. The van der Waals surface area contributed by atoms with Gasteiger partial charge in [-0.1, -0.05) is 30.3 Å². The molecule has 0 bridgehead atoms. The van der Waals surface area contributed by atoms with Gasteiger partial charge in [-0.05, 0) is 29.8 Å². The summed E-state index contributed by atoms with van der Waals surface area (Å²) in [6, 6.07) is 13.4. The first kappa shape index (κ1) is 14.8. The zero-order valence-corrected chi connectivity index (χ0v) is 11.8. The second kappa shape index (κ2) is 6.74. The average molecular weight is 287 g/mol. The highest BCUT2D eigenvalue weighted by molar-refractivity contribution is 5.84. The fourth-order valence-corrected chi connectivity index (χ4v) is 2.03. The number of hydrogen-bond acceptors (Lipinski definition) is 3. The molecule has 0 heterocycles. The third-order valence-electron chi connectivity index (χ3n) is 3.14. The quantitative estimate of drug-likeness (QED) is 0.884. The van der Waals surface area contributed by atoms with Crippen molar-refractivity contribution in [1.29, 1.82) is 0 Å². The van der Waals surface area contributed by atoms with Crippen LogP contribution in [0.15, 0.2) is 42.5 Å². The van der Waals surface area contributed by atoms with Crippen LogP contribution in [0.3, 0.4) is 0 Å². The number of benzene rings is 2. The molecule has 0 saturated heterocycles. The first-order chi connectivity index (χ1) is 10.1. The van der Waals surface area contributed by atoms with E-state index in [1.54, 1.807) is 13.0 Å². The molecule has 0 unspecified atom stereocenters. The zero-order chi connectivity index (χ0) is 15.2. The summed E-state index contributed by atoms with van der Waals surface area (Å²) in [5.74, 6) is -0.780. The predicted molar refractivity (Wildman–Crippen MR) is 79.3 cm³/mol. The Hall–Kier alpha value is -2.56. The number of likely N-dealkylation sites (N-methyl/N-ethyl adjacent to an activating group) is 1. The van der Waals surface area contributed by atoms with Gasteiger partial charge in [0, 0.05) is 6.54 Å². The summed E-state index contributed by atoms with van der Waals surface area (Å²) in [4.78, 5) is 23.8. The van der Waals surface area contributed by atoms with Crippen molar-refractivity contribution in [1.82, 2.24) is 4.90 Å². The molecule has 0 radical (unpaired) electrons. The summed E-state index contributed by atoms with van der Waals surface area (Å²) < 4.78 is 5.46. The number of rotatable bonds is 6. The fraction of sp³-hybridized carbons (Fsp3) is 0.250. The molecule has 0 aliphatic heterocycles. The molecule has 0 spiro atoms. The molecule has 2 aromatic carbocycles. The van der Waals surface area contributed by atoms with Gasteiger partial charge in [0.1, 0.15) is 12.3 Å². The van der Waals surface area contributed by atoms with Crippen LogP contribution in [0.5, 0.6) is 5.75 Å². The van der Waals surface area contributed by atoms with Crippen molar-refractivity contribution >= 4 is 22.6 Å². The number of carbonyl (C=O) groups excluding carboxylic acids is 1. The molecule has 0 aliphatic rings. The molecular weight excluding hydrogens is 270 g/mol. The molecule has 0 saturated carbocycles. The Bertz CT molecular complexity index is 654. The van der Waals surface area contributed by atoms with Gasteiger partial charge in [-0.15, -0.1) is 0 Å². The van der Waals surface area contributed by atoms with Crippen molar-refractivity contribution in [2.45, 2.75) is 6.92 Å². The maximum Gasteiger partial charge on any atom is 0.323 e. The normalized spacial score (nSPS) is 10.3. The summed E-state index contributed by atoms with van der Waals surface area (Å²) >= 11 is 0. The second-order valence-corrected chi connectivity index (χ2v) is 4.60. The molecule has 0 aromatic heterocycles. The Morgan fingerprint density at radius 1 is 1.14 bits per heavy atom. The summed E-state index contributed by atoms with van der Waals surface area (Å²) in [5.41, 5.74) is 0. The van der Waals surface area contributed by atoms with Crippen molar-refractivity contribution in [3.05, 3.63) is 42.5 Å². The Kier molecular flexibility index (Phi) is 4.77. The van der Waals surface area contributed by atoms with Crippen LogP contribution >= 0.6 is 0 Å². The molecule has 21 heavy (non-hydrogen) atoms. The molecule has 0 atom stereocenters. The van der Waals surface area contributed by atoms with Gasteiger partial charge < -0.3 is 14.7 Å². The third kappa shape index (κ3) is 3.95. The van der Waals surface area contributed by atoms with Crippen LogP contribution in [0.4, 0.5) is 0 Å². The molecule has 0 fully saturated rings. The number of amides is 1. The summed E-state index contributed by atoms with van der Waals surface area (Å²) in [6.07, 6.45) is 0. The summed E-state index contributed by atoms with van der Waals surface area (Å²) in [5, 5.41) is 10.9. The van der Waals surface area contributed by atoms with Crippen LogP contribution in [-0.4, -0.2) is 41.6 Å². The number of carbonyl (C=O) groups is 2. The standard InChI is InChI=1S/C16H17NO4/c1-2-17(10-16(19)20)15(18)11-21-14-8-7-12-5-3-4-6-13(12)9-14/h3-9H,2,10-11H2,1H3,(H,19,20). The number of fused-ring (bicyclic) bond motifs is 1. The Morgan fingerprint density at radius 2 is 1.86 bits per heavy atom. The van der Waals surface area contributed by atoms with E-state index in [9.17, 15) is 9.59 Å². The van der Waals surface area contributed by atoms with E-state index in [1.165, 1.54) is 4.90 Å². The highest BCUT2D eigenvalue weighted by Crippen LogP contribution is 2.20. The smallest absolute Gasteiger partial charge is 0.323 e. The first-order valence-electron chi connectivity index (χ1n) is 6.71. The lowest BCUT2D eigenvalue weighted by atomic mass is 10.1. The molecule has 5 nitrogen and oxygen atoms in total. The van der Waals surface area contributed by atoms with E-state index < -0.39 is 5.97 Å². The molecule has 5 heteroatoms. The number of aliphatic carboxylic acids is 1. The number of hydrogen-bond donors (Lipinski definition) is 1. The fourth-order valence-electron chi connectivity index (χ4n) is 2.03. The van der Waals surface area contributed by atoms with Gasteiger partial charge in [-0.25, -0.2) is 0 Å². The van der Waals surface area contributed by atoms with Gasteiger partial charge >= 0.3 is 5.97 Å². The predicted octanol–water partition coefficient (Wildman–Crippen LogP) is 2.15. The molecule has 1 N–H and O–H groups in total. The molecule has 110 valence electrons. The third-order valence-corrected chi connectivity index (χ3v) is 3.14. The van der Waals surface area contributed by atoms with Crippen LogP contribution in [0.25, 0.3) is 10.8 Å². The molecule has 2 rings (SSSR count). The van der Waals surface area contributed by atoms with Crippen LogP contribution in [0.2, 0.25) is 0 Å². The van der Waals surface area contributed by atoms with E-state index in [4.69, 9.17) is 9.84 Å². The number of carboxylic acid groups (broad SMARTS) is 1. The summed E-state index contributed by atoms with van der Waals surface area (Å²) in [7, 11) is 0. The van der Waals surface area contributed by atoms with Crippen molar-refractivity contribution in [3.63, 3.8) is 0 Å². The maximum atomic E-state index is 11.9. The second-order valence-electron chi connectivity index (χ2n) is 4.60. The average Bonchev–Trinajstić information content (AvgIpc) is 2.49. The number of carboxylic acids is 1. The van der Waals surface area contributed by atoms with Crippen molar-refractivity contribution in [3.8, 4) is 5.75 Å². The minimum absolute atomic E-state index is 0.167. The van der Waals surface area contributed by atoms with E-state index in [0.717, 1.165) is 10.8 Å². The van der Waals surface area contributed by atoms with Crippen molar-refractivity contribution in [2.75, 3.05) is 19.7 Å². The SMILES string of the molecule is CCN(CC(=O)O)C(=O)COc1ccc2ccccc2c1. The van der Waals surface area contributed by atoms with Gasteiger partial charge in [0.2, 0.25) is 0 Å². The van der Waals surface area contributed by atoms with Gasteiger partial charge in [0.25, 0.3) is 5.91 Å². The van der Waals surface area contributed by atoms with E-state index in [-0.39, 0.29) is 19.1 Å². The van der Waals surface area contributed by atoms with Gasteiger partial charge in [-0.3, -0.25) is 9.59 Å². The van der Waals surface area contributed by atoms with Gasteiger partial charge in [-0.2, -0.15) is 0 Å². The van der Waals surface area contributed by atoms with Crippen LogP contribution in [0, 0.1) is 0 Å². The zero-order valence-electron chi connectivity index (χ0n) is 11.8. The molecule has 1 amide bonds. The highest BCUT2D eigenvalue weighted by Gasteiger charge is 2.15. The first-order valence-corrected chi connectivity index (χ1v) is 6.71. The van der Waals surface area contributed by atoms with Gasteiger partial charge in [0.15, 0.2) is 6.61 Å². The Balaban J connectivity index is 2.00. The molecular formula is C16H17NO4. The van der Waals surface area contributed by atoms with Crippen LogP contribution < -0.4 is 4.74 Å². The molecule has 2 aromatic rings. The number of ether oxygens (including phenoxy) is 1. The lowest BCUT2D eigenvalue weighted by Crippen LogP contribution is -2.38. The monoisotopic (exact) mass is 287 g/mol. The highest BCUT2D eigenvalue weighted by atomic mass is 16.5. The Morgan fingerprint density at radius 3 is 2.52 bits per heavy atom. The summed E-state index contributed by atoms with van der Waals surface area (Å²) in [6.45, 7) is 1.60. The lowest BCUT2D eigenvalue weighted by molar-refractivity contribution is -0.145. The van der Waals surface area contributed by atoms with Crippen molar-refractivity contribution < 1.29 is 19.4 Å².